The van der Waals surface area contributed by atoms with Gasteiger partial charge in [0.1, 0.15) is 0 Å². The van der Waals surface area contributed by atoms with E-state index >= 15 is 0 Å². The highest BCUT2D eigenvalue weighted by Gasteiger charge is 2.19. The SMILES string of the molecule is CC(C)C(C)S(=O)CC(O)c1ccc(CN)cc1. The van der Waals surface area contributed by atoms with Crippen LogP contribution < -0.4 is 5.73 Å². The van der Waals surface area contributed by atoms with Crippen molar-refractivity contribution in [3.8, 4) is 0 Å². The highest BCUT2D eigenvalue weighted by molar-refractivity contribution is 7.85. The molecule has 3 N–H and O–H groups in total. The molecule has 102 valence electrons. The molecule has 3 nitrogen and oxygen atoms in total. The van der Waals surface area contributed by atoms with Gasteiger partial charge in [0.05, 0.1) is 11.9 Å². The normalized spacial score (nSPS) is 16.6. The number of hydrogen-bond acceptors (Lipinski definition) is 3. The van der Waals surface area contributed by atoms with Gasteiger partial charge in [-0.05, 0) is 17.0 Å². The summed E-state index contributed by atoms with van der Waals surface area (Å²) in [6.07, 6.45) is -0.668. The molecule has 0 fully saturated rings. The summed E-state index contributed by atoms with van der Waals surface area (Å²) >= 11 is 0. The topological polar surface area (TPSA) is 63.3 Å². The molecule has 3 atom stereocenters. The first-order valence-corrected chi connectivity index (χ1v) is 7.68. The molecule has 0 aliphatic carbocycles. The average molecular weight is 269 g/mol. The van der Waals surface area contributed by atoms with Gasteiger partial charge in [-0.3, -0.25) is 4.21 Å². The van der Waals surface area contributed by atoms with Crippen molar-refractivity contribution >= 4 is 10.8 Å². The minimum absolute atomic E-state index is 0.1000. The molecule has 0 aliphatic rings. The first kappa shape index (κ1) is 15.3. The minimum Gasteiger partial charge on any atom is -0.387 e. The second kappa shape index (κ2) is 7.02. The Bertz CT molecular complexity index is 389. The summed E-state index contributed by atoms with van der Waals surface area (Å²) in [6, 6.07) is 7.49. The van der Waals surface area contributed by atoms with E-state index in [1.54, 1.807) is 0 Å². The van der Waals surface area contributed by atoms with Crippen molar-refractivity contribution in [3.63, 3.8) is 0 Å². The maximum atomic E-state index is 12.0. The van der Waals surface area contributed by atoms with Gasteiger partial charge in [0.25, 0.3) is 0 Å². The maximum absolute atomic E-state index is 12.0. The van der Waals surface area contributed by atoms with Gasteiger partial charge in [-0.2, -0.15) is 0 Å². The first-order chi connectivity index (χ1) is 8.45. The molecule has 1 aromatic carbocycles. The molecule has 0 aromatic heterocycles. The third kappa shape index (κ3) is 4.19. The lowest BCUT2D eigenvalue weighted by molar-refractivity contribution is 0.202. The van der Waals surface area contributed by atoms with E-state index in [1.807, 2.05) is 45.0 Å². The van der Waals surface area contributed by atoms with E-state index in [1.165, 1.54) is 0 Å². The zero-order valence-electron chi connectivity index (χ0n) is 11.3. The molecular weight excluding hydrogens is 246 g/mol. The van der Waals surface area contributed by atoms with E-state index in [2.05, 4.69) is 0 Å². The van der Waals surface area contributed by atoms with Crippen molar-refractivity contribution in [1.82, 2.24) is 0 Å². The van der Waals surface area contributed by atoms with Gasteiger partial charge in [-0.25, -0.2) is 0 Å². The lowest BCUT2D eigenvalue weighted by Crippen LogP contribution is -2.23. The predicted octanol–water partition coefficient (Wildman–Crippen LogP) is 1.97. The number of rotatable bonds is 6. The van der Waals surface area contributed by atoms with E-state index in [0.717, 1.165) is 11.1 Å². The molecule has 4 heteroatoms. The van der Waals surface area contributed by atoms with Crippen LogP contribution in [-0.4, -0.2) is 20.3 Å². The predicted molar refractivity (Wildman–Crippen MR) is 76.6 cm³/mol. The fraction of sp³-hybridized carbons (Fsp3) is 0.571. The zero-order chi connectivity index (χ0) is 13.7. The molecule has 0 saturated heterocycles. The Morgan fingerprint density at radius 3 is 2.22 bits per heavy atom. The van der Waals surface area contributed by atoms with Crippen LogP contribution in [0.3, 0.4) is 0 Å². The van der Waals surface area contributed by atoms with Gasteiger partial charge in [0.15, 0.2) is 0 Å². The monoisotopic (exact) mass is 269 g/mol. The Morgan fingerprint density at radius 2 is 1.78 bits per heavy atom. The molecule has 18 heavy (non-hydrogen) atoms. The molecule has 1 rings (SSSR count). The fourth-order valence-electron chi connectivity index (χ4n) is 1.58. The highest BCUT2D eigenvalue weighted by Crippen LogP contribution is 2.18. The van der Waals surface area contributed by atoms with Crippen molar-refractivity contribution in [1.29, 1.82) is 0 Å². The Morgan fingerprint density at radius 1 is 1.22 bits per heavy atom. The van der Waals surface area contributed by atoms with Crippen LogP contribution in [0.15, 0.2) is 24.3 Å². The van der Waals surface area contributed by atoms with E-state index in [-0.39, 0.29) is 5.25 Å². The summed E-state index contributed by atoms with van der Waals surface area (Å²) in [5.41, 5.74) is 7.35. The van der Waals surface area contributed by atoms with Crippen molar-refractivity contribution in [2.45, 2.75) is 38.7 Å². The second-order valence-corrected chi connectivity index (χ2v) is 6.80. The Labute approximate surface area is 112 Å². The smallest absolute Gasteiger partial charge is 0.0905 e. The summed E-state index contributed by atoms with van der Waals surface area (Å²) in [5.74, 6) is 0.652. The van der Waals surface area contributed by atoms with Crippen LogP contribution in [0.25, 0.3) is 0 Å². The molecule has 0 amide bonds. The Hall–Kier alpha value is -0.710. The number of aliphatic hydroxyl groups is 1. The molecule has 0 spiro atoms. The van der Waals surface area contributed by atoms with Gasteiger partial charge in [0, 0.05) is 22.6 Å². The number of nitrogens with two attached hydrogens (primary N) is 1. The van der Waals surface area contributed by atoms with Gasteiger partial charge in [-0.15, -0.1) is 0 Å². The Balaban J connectivity index is 2.64. The largest absolute Gasteiger partial charge is 0.387 e. The molecule has 0 bridgehead atoms. The van der Waals surface area contributed by atoms with Crippen LogP contribution in [0.2, 0.25) is 0 Å². The molecule has 3 unspecified atom stereocenters. The first-order valence-electron chi connectivity index (χ1n) is 6.29. The van der Waals surface area contributed by atoms with Crippen LogP contribution in [0.5, 0.6) is 0 Å². The van der Waals surface area contributed by atoms with Gasteiger partial charge in [0.2, 0.25) is 0 Å². The van der Waals surface area contributed by atoms with Gasteiger partial charge >= 0.3 is 0 Å². The molecular formula is C14H23NO2S. The number of hydrogen-bond donors (Lipinski definition) is 2. The lowest BCUT2D eigenvalue weighted by Gasteiger charge is -2.18. The summed E-state index contributed by atoms with van der Waals surface area (Å²) < 4.78 is 12.0. The molecule has 0 aliphatic heterocycles. The summed E-state index contributed by atoms with van der Waals surface area (Å²) in [7, 11) is -1.01. The molecule has 1 aromatic rings. The molecule has 0 saturated carbocycles. The van der Waals surface area contributed by atoms with Gasteiger partial charge < -0.3 is 10.8 Å². The third-order valence-corrected chi connectivity index (χ3v) is 5.29. The van der Waals surface area contributed by atoms with E-state index in [9.17, 15) is 9.32 Å². The third-order valence-electron chi connectivity index (χ3n) is 3.28. The maximum Gasteiger partial charge on any atom is 0.0905 e. The van der Waals surface area contributed by atoms with Crippen molar-refractivity contribution < 1.29 is 9.32 Å². The quantitative estimate of drug-likeness (QED) is 0.830. The molecule has 0 radical (unpaired) electrons. The zero-order valence-corrected chi connectivity index (χ0v) is 12.1. The average Bonchev–Trinajstić information content (AvgIpc) is 2.37. The standard InChI is InChI=1S/C14H23NO2S/c1-10(2)11(3)18(17)9-14(16)13-6-4-12(8-15)5-7-13/h4-7,10-11,14,16H,8-9,15H2,1-3H3. The summed E-state index contributed by atoms with van der Waals surface area (Å²) in [5, 5.41) is 10.2. The van der Waals surface area contributed by atoms with Crippen LogP contribution in [-0.2, 0) is 17.3 Å². The number of benzene rings is 1. The van der Waals surface area contributed by atoms with Crippen molar-refractivity contribution in [2.75, 3.05) is 5.75 Å². The second-order valence-electron chi connectivity index (χ2n) is 4.96. The van der Waals surface area contributed by atoms with E-state index in [4.69, 9.17) is 5.73 Å². The van der Waals surface area contributed by atoms with E-state index in [0.29, 0.717) is 18.2 Å². The minimum atomic E-state index is -1.01. The van der Waals surface area contributed by atoms with Gasteiger partial charge in [-0.1, -0.05) is 45.0 Å². The lowest BCUT2D eigenvalue weighted by atomic mass is 10.1. The van der Waals surface area contributed by atoms with Crippen LogP contribution in [0.1, 0.15) is 38.0 Å². The van der Waals surface area contributed by atoms with E-state index < -0.39 is 16.9 Å². The van der Waals surface area contributed by atoms with Crippen LogP contribution in [0.4, 0.5) is 0 Å². The highest BCUT2D eigenvalue weighted by atomic mass is 32.2. The van der Waals surface area contributed by atoms with Crippen LogP contribution >= 0.6 is 0 Å². The Kier molecular flexibility index (Phi) is 5.99. The molecule has 0 heterocycles. The fourth-order valence-corrected chi connectivity index (χ4v) is 3.00. The van der Waals surface area contributed by atoms with Crippen molar-refractivity contribution in [2.24, 2.45) is 11.7 Å². The van der Waals surface area contributed by atoms with Crippen LogP contribution in [0, 0.1) is 5.92 Å². The number of aliphatic hydroxyl groups excluding tert-OH is 1. The summed E-state index contributed by atoms with van der Waals surface area (Å²) in [6.45, 7) is 6.55. The van der Waals surface area contributed by atoms with Crippen molar-refractivity contribution in [3.05, 3.63) is 35.4 Å². The summed E-state index contributed by atoms with van der Waals surface area (Å²) in [4.78, 5) is 0.